The van der Waals surface area contributed by atoms with Crippen molar-refractivity contribution in [2.45, 2.75) is 33.7 Å². The van der Waals surface area contributed by atoms with Crippen molar-refractivity contribution in [2.24, 2.45) is 0 Å². The first-order chi connectivity index (χ1) is 10.5. The molecular formula is C18H21NO3. The van der Waals surface area contributed by atoms with Crippen LogP contribution in [0.2, 0.25) is 0 Å². The van der Waals surface area contributed by atoms with Crippen molar-refractivity contribution in [3.05, 3.63) is 58.9 Å². The smallest absolute Gasteiger partial charge is 0.310 e. The lowest BCUT2D eigenvalue weighted by molar-refractivity contribution is -0.141. The molecule has 0 aliphatic rings. The van der Waals surface area contributed by atoms with Crippen LogP contribution >= 0.6 is 0 Å². The van der Waals surface area contributed by atoms with Gasteiger partial charge in [0, 0.05) is 23.5 Å². The number of carbonyl (C=O) groups is 2. The molecule has 0 saturated carbocycles. The average molecular weight is 299 g/mol. The maximum atomic E-state index is 12.2. The minimum atomic E-state index is -0.385. The van der Waals surface area contributed by atoms with Gasteiger partial charge in [-0.1, -0.05) is 30.3 Å². The minimum Gasteiger partial charge on any atom is -0.457 e. The normalized spacial score (nSPS) is 10.5. The molecule has 0 radical (unpaired) electrons. The van der Waals surface area contributed by atoms with Gasteiger partial charge < -0.3 is 9.30 Å². The fraction of sp³-hybridized carbons (Fsp3) is 0.333. The van der Waals surface area contributed by atoms with E-state index in [-0.39, 0.29) is 24.8 Å². The van der Waals surface area contributed by atoms with Crippen molar-refractivity contribution in [1.29, 1.82) is 0 Å². The zero-order chi connectivity index (χ0) is 16.1. The Morgan fingerprint density at radius 3 is 2.41 bits per heavy atom. The van der Waals surface area contributed by atoms with E-state index in [0.29, 0.717) is 5.56 Å². The zero-order valence-corrected chi connectivity index (χ0v) is 13.3. The number of Topliss-reactive ketones (excluding diaryl/α,β-unsaturated/α-hetero) is 1. The number of carbonyl (C=O) groups excluding carboxylic acids is 2. The summed E-state index contributed by atoms with van der Waals surface area (Å²) in [7, 11) is 0. The van der Waals surface area contributed by atoms with Gasteiger partial charge in [0.05, 0.1) is 6.42 Å². The quantitative estimate of drug-likeness (QED) is 0.608. The van der Waals surface area contributed by atoms with Crippen molar-refractivity contribution < 1.29 is 14.3 Å². The Bertz CT molecular complexity index is 671. The van der Waals surface area contributed by atoms with Gasteiger partial charge in [-0.15, -0.1) is 0 Å². The Balaban J connectivity index is 1.94. The van der Waals surface area contributed by atoms with Crippen LogP contribution in [0.25, 0.3) is 0 Å². The molecule has 116 valence electrons. The number of hydrogen-bond donors (Lipinski definition) is 0. The van der Waals surface area contributed by atoms with Crippen molar-refractivity contribution in [1.82, 2.24) is 4.57 Å². The van der Waals surface area contributed by atoms with Gasteiger partial charge in [-0.25, -0.2) is 0 Å². The lowest BCUT2D eigenvalue weighted by atomic mass is 10.1. The minimum absolute atomic E-state index is 0.158. The lowest BCUT2D eigenvalue weighted by Crippen LogP contribution is -2.16. The summed E-state index contributed by atoms with van der Waals surface area (Å²) in [5.74, 6) is -0.543. The van der Waals surface area contributed by atoms with Crippen LogP contribution in [0.15, 0.2) is 36.4 Å². The summed E-state index contributed by atoms with van der Waals surface area (Å²) in [5, 5.41) is 0. The molecule has 0 saturated heterocycles. The summed E-state index contributed by atoms with van der Waals surface area (Å²) in [6.07, 6.45) is 0.183. The summed E-state index contributed by atoms with van der Waals surface area (Å²) in [6, 6.07) is 11.2. The SMILES string of the molecule is CCn1c(C)cc(C(=O)COC(=O)Cc2ccccc2)c1C. The number of aryl methyl sites for hydroxylation is 1. The highest BCUT2D eigenvalue weighted by Gasteiger charge is 2.16. The molecule has 4 nitrogen and oxygen atoms in total. The Hall–Kier alpha value is -2.36. The first-order valence-corrected chi connectivity index (χ1v) is 7.42. The maximum Gasteiger partial charge on any atom is 0.310 e. The van der Waals surface area contributed by atoms with Crippen LogP contribution in [-0.4, -0.2) is 22.9 Å². The third-order valence-electron chi connectivity index (χ3n) is 3.75. The summed E-state index contributed by atoms with van der Waals surface area (Å²) >= 11 is 0. The van der Waals surface area contributed by atoms with Crippen molar-refractivity contribution in [2.75, 3.05) is 6.61 Å². The fourth-order valence-corrected chi connectivity index (χ4v) is 2.61. The number of ether oxygens (including phenoxy) is 1. The fourth-order valence-electron chi connectivity index (χ4n) is 2.61. The van der Waals surface area contributed by atoms with Crippen LogP contribution in [-0.2, 0) is 22.5 Å². The van der Waals surface area contributed by atoms with Gasteiger partial charge in [-0.2, -0.15) is 0 Å². The van der Waals surface area contributed by atoms with E-state index in [1.165, 1.54) is 0 Å². The number of nitrogens with zero attached hydrogens (tertiary/aromatic N) is 1. The molecule has 2 aromatic rings. The Morgan fingerprint density at radius 2 is 1.82 bits per heavy atom. The average Bonchev–Trinajstić information content (AvgIpc) is 2.80. The van der Waals surface area contributed by atoms with Crippen LogP contribution in [0.1, 0.15) is 34.2 Å². The molecule has 0 N–H and O–H groups in total. The third kappa shape index (κ3) is 3.64. The van der Waals surface area contributed by atoms with Gasteiger partial charge in [0.15, 0.2) is 6.61 Å². The van der Waals surface area contributed by atoms with Crippen LogP contribution < -0.4 is 0 Å². The molecule has 0 spiro atoms. The Morgan fingerprint density at radius 1 is 1.14 bits per heavy atom. The van der Waals surface area contributed by atoms with Crippen LogP contribution in [0, 0.1) is 13.8 Å². The molecule has 0 fully saturated rings. The summed E-state index contributed by atoms with van der Waals surface area (Å²) < 4.78 is 7.17. The number of aromatic nitrogens is 1. The van der Waals surface area contributed by atoms with E-state index in [4.69, 9.17) is 4.74 Å². The predicted octanol–water partition coefficient (Wildman–Crippen LogP) is 3.09. The molecule has 0 amide bonds. The van der Waals surface area contributed by atoms with Crippen molar-refractivity contribution >= 4 is 11.8 Å². The van der Waals surface area contributed by atoms with Crippen LogP contribution in [0.3, 0.4) is 0 Å². The van der Waals surface area contributed by atoms with E-state index in [9.17, 15) is 9.59 Å². The Kier molecular flexibility index (Phi) is 5.15. The van der Waals surface area contributed by atoms with Gasteiger partial charge in [-0.3, -0.25) is 9.59 Å². The largest absolute Gasteiger partial charge is 0.457 e. The predicted molar refractivity (Wildman–Crippen MR) is 85.0 cm³/mol. The molecule has 2 rings (SSSR count). The van der Waals surface area contributed by atoms with Gasteiger partial charge in [0.1, 0.15) is 0 Å². The van der Waals surface area contributed by atoms with Crippen molar-refractivity contribution in [3.63, 3.8) is 0 Å². The number of ketones is 1. The molecule has 1 aromatic carbocycles. The first-order valence-electron chi connectivity index (χ1n) is 7.42. The molecule has 0 atom stereocenters. The van der Waals surface area contributed by atoms with E-state index >= 15 is 0 Å². The highest BCUT2D eigenvalue weighted by Crippen LogP contribution is 2.15. The lowest BCUT2D eigenvalue weighted by Gasteiger charge is -2.06. The standard InChI is InChI=1S/C18H21NO3/c1-4-19-13(2)10-16(14(19)3)17(20)12-22-18(21)11-15-8-6-5-7-9-15/h5-10H,4,11-12H2,1-3H3. The van der Waals surface area contributed by atoms with Crippen LogP contribution in [0.4, 0.5) is 0 Å². The maximum absolute atomic E-state index is 12.2. The van der Waals surface area contributed by atoms with Gasteiger partial charge >= 0.3 is 5.97 Å². The Labute approximate surface area is 130 Å². The topological polar surface area (TPSA) is 48.3 Å². The third-order valence-corrected chi connectivity index (χ3v) is 3.75. The second-order valence-electron chi connectivity index (χ2n) is 5.28. The number of rotatable bonds is 6. The summed E-state index contributed by atoms with van der Waals surface area (Å²) in [6.45, 7) is 6.52. The highest BCUT2D eigenvalue weighted by atomic mass is 16.5. The van der Waals surface area contributed by atoms with E-state index < -0.39 is 0 Å². The number of benzene rings is 1. The summed E-state index contributed by atoms with van der Waals surface area (Å²) in [5.41, 5.74) is 3.47. The molecule has 1 aromatic heterocycles. The molecule has 0 aliphatic carbocycles. The van der Waals surface area contributed by atoms with Gasteiger partial charge in [0.2, 0.25) is 5.78 Å². The molecule has 0 unspecified atom stereocenters. The van der Waals surface area contributed by atoms with E-state index in [1.54, 1.807) is 0 Å². The number of esters is 1. The van der Waals surface area contributed by atoms with E-state index in [1.807, 2.05) is 57.2 Å². The molecule has 0 bridgehead atoms. The van der Waals surface area contributed by atoms with Gasteiger partial charge in [-0.05, 0) is 32.4 Å². The van der Waals surface area contributed by atoms with Crippen molar-refractivity contribution in [3.8, 4) is 0 Å². The van der Waals surface area contributed by atoms with E-state index in [0.717, 1.165) is 23.5 Å². The second-order valence-corrected chi connectivity index (χ2v) is 5.28. The van der Waals surface area contributed by atoms with Crippen LogP contribution in [0.5, 0.6) is 0 Å². The summed E-state index contributed by atoms with van der Waals surface area (Å²) in [4.78, 5) is 24.0. The van der Waals surface area contributed by atoms with Gasteiger partial charge in [0.25, 0.3) is 0 Å². The molecular weight excluding hydrogens is 278 g/mol. The number of hydrogen-bond acceptors (Lipinski definition) is 3. The zero-order valence-electron chi connectivity index (χ0n) is 13.3. The highest BCUT2D eigenvalue weighted by molar-refractivity contribution is 5.99. The molecule has 0 aliphatic heterocycles. The molecule has 1 heterocycles. The second kappa shape index (κ2) is 7.07. The monoisotopic (exact) mass is 299 g/mol. The molecule has 4 heteroatoms. The molecule has 22 heavy (non-hydrogen) atoms. The first kappa shape index (κ1) is 16.0. The van der Waals surface area contributed by atoms with E-state index in [2.05, 4.69) is 4.57 Å².